The second-order valence-electron chi connectivity index (χ2n) is 7.14. The van der Waals surface area contributed by atoms with Crippen molar-refractivity contribution in [2.24, 2.45) is 0 Å². The number of benzene rings is 1. The highest BCUT2D eigenvalue weighted by molar-refractivity contribution is 6.34. The fraction of sp³-hybridized carbons (Fsp3) is 0.211. The number of aromatic nitrogens is 4. The van der Waals surface area contributed by atoms with Gasteiger partial charge in [-0.3, -0.25) is 9.59 Å². The third kappa shape index (κ3) is 4.40. The summed E-state index contributed by atoms with van der Waals surface area (Å²) in [6.07, 6.45) is 4.62. The van der Waals surface area contributed by atoms with E-state index in [2.05, 4.69) is 19.9 Å². The molecule has 0 atom stereocenters. The summed E-state index contributed by atoms with van der Waals surface area (Å²) in [5.41, 5.74) is 1.01. The van der Waals surface area contributed by atoms with E-state index in [-0.39, 0.29) is 16.1 Å². The molecule has 0 amide bonds. The monoisotopic (exact) mass is 404 g/mol. The molecular formula is C19H18Cl2N4O2. The number of imidazole rings is 1. The molecule has 0 saturated carbocycles. The van der Waals surface area contributed by atoms with Crippen molar-refractivity contribution in [3.05, 3.63) is 82.9 Å². The van der Waals surface area contributed by atoms with Gasteiger partial charge in [-0.2, -0.15) is 0 Å². The van der Waals surface area contributed by atoms with Crippen LogP contribution in [0, 0.1) is 0 Å². The number of nitrogens with one attached hydrogen (secondary N) is 3. The predicted octanol–water partition coefficient (Wildman–Crippen LogP) is 2.05. The van der Waals surface area contributed by atoms with Crippen molar-refractivity contribution in [1.29, 1.82) is 0 Å². The number of halogens is 2. The summed E-state index contributed by atoms with van der Waals surface area (Å²) in [6.45, 7) is 6.08. The molecule has 2 aromatic heterocycles. The maximum Gasteiger partial charge on any atom is 0.272 e. The van der Waals surface area contributed by atoms with Crippen LogP contribution in [0.2, 0.25) is 10.0 Å². The first kappa shape index (κ1) is 19.2. The zero-order chi connectivity index (χ0) is 19.8. The molecule has 3 rings (SSSR count). The van der Waals surface area contributed by atoms with Crippen molar-refractivity contribution in [3.8, 4) is 0 Å². The van der Waals surface area contributed by atoms with Gasteiger partial charge in [0, 0.05) is 21.2 Å². The van der Waals surface area contributed by atoms with Crippen molar-refractivity contribution in [1.82, 2.24) is 19.9 Å². The smallest absolute Gasteiger partial charge is 0.272 e. The molecule has 3 N–H and O–H groups in total. The number of hydrogen-bond donors (Lipinski definition) is 3. The Morgan fingerprint density at radius 1 is 0.926 bits per heavy atom. The lowest BCUT2D eigenvalue weighted by molar-refractivity contribution is 0.571. The summed E-state index contributed by atoms with van der Waals surface area (Å²) >= 11 is 11.9. The second-order valence-corrected chi connectivity index (χ2v) is 8.01. The van der Waals surface area contributed by atoms with E-state index in [4.69, 9.17) is 23.2 Å². The van der Waals surface area contributed by atoms with Crippen LogP contribution in [0.3, 0.4) is 0 Å². The highest BCUT2D eigenvalue weighted by Gasteiger charge is 2.19. The summed E-state index contributed by atoms with van der Waals surface area (Å²) in [6, 6.07) is 4.87. The molecule has 0 aliphatic heterocycles. The van der Waals surface area contributed by atoms with Crippen LogP contribution in [0.1, 0.15) is 37.7 Å². The molecule has 0 spiro atoms. The van der Waals surface area contributed by atoms with Crippen LogP contribution in [0.15, 0.2) is 34.1 Å². The van der Waals surface area contributed by atoms with E-state index in [1.165, 1.54) is 6.08 Å². The quantitative estimate of drug-likeness (QED) is 0.609. The maximum absolute atomic E-state index is 12.4. The van der Waals surface area contributed by atoms with Crippen molar-refractivity contribution >= 4 is 35.4 Å². The first-order valence-electron chi connectivity index (χ1n) is 8.19. The van der Waals surface area contributed by atoms with E-state index in [1.54, 1.807) is 30.6 Å². The number of rotatable bonds is 2. The predicted molar refractivity (Wildman–Crippen MR) is 108 cm³/mol. The first-order chi connectivity index (χ1) is 12.6. The molecule has 140 valence electrons. The molecule has 8 heteroatoms. The van der Waals surface area contributed by atoms with E-state index in [0.717, 1.165) is 5.69 Å². The van der Waals surface area contributed by atoms with Crippen molar-refractivity contribution in [2.75, 3.05) is 0 Å². The van der Waals surface area contributed by atoms with Crippen molar-refractivity contribution < 1.29 is 0 Å². The molecule has 2 heterocycles. The maximum atomic E-state index is 12.4. The molecule has 1 aromatic carbocycles. The Morgan fingerprint density at radius 2 is 1.48 bits per heavy atom. The van der Waals surface area contributed by atoms with Crippen LogP contribution >= 0.6 is 23.2 Å². The largest absolute Gasteiger partial charge is 0.348 e. The molecule has 0 aliphatic carbocycles. The van der Waals surface area contributed by atoms with Gasteiger partial charge in [0.1, 0.15) is 10.7 Å². The van der Waals surface area contributed by atoms with Gasteiger partial charge in [-0.15, -0.1) is 0 Å². The molecule has 3 aromatic rings. The van der Waals surface area contributed by atoms with Crippen molar-refractivity contribution in [2.45, 2.75) is 26.2 Å². The molecule has 0 radical (unpaired) electrons. The highest BCUT2D eigenvalue weighted by Crippen LogP contribution is 2.22. The van der Waals surface area contributed by atoms with Gasteiger partial charge in [0.15, 0.2) is 0 Å². The number of H-pyrrole nitrogens is 3. The Labute approximate surface area is 164 Å². The molecule has 27 heavy (non-hydrogen) atoms. The fourth-order valence-electron chi connectivity index (χ4n) is 2.67. The standard InChI is InChI=1S/C19H18Cl2N4O2/c1-19(2,3)16-13(22-9-23-16)8-15-18(27)24-14(17(26)25-15)6-10-4-11(20)7-12(21)5-10/h4-9H,1-3H3,(H,22,23)(H,24,27)(H,25,26)/b14-6-,15-8-. The zero-order valence-electron chi connectivity index (χ0n) is 15.0. The molecule has 0 unspecified atom stereocenters. The van der Waals surface area contributed by atoms with Crippen LogP contribution in [0.5, 0.6) is 0 Å². The minimum absolute atomic E-state index is 0.105. The van der Waals surface area contributed by atoms with Gasteiger partial charge in [0.05, 0.1) is 12.0 Å². The lowest BCUT2D eigenvalue weighted by atomic mass is 9.90. The topological polar surface area (TPSA) is 94.4 Å². The number of hydrogen-bond acceptors (Lipinski definition) is 3. The average molecular weight is 405 g/mol. The lowest BCUT2D eigenvalue weighted by Crippen LogP contribution is -2.46. The van der Waals surface area contributed by atoms with Crippen LogP contribution in [0.4, 0.5) is 0 Å². The van der Waals surface area contributed by atoms with Gasteiger partial charge in [-0.05, 0) is 35.9 Å². The molecule has 6 nitrogen and oxygen atoms in total. The van der Waals surface area contributed by atoms with Gasteiger partial charge < -0.3 is 15.0 Å². The van der Waals surface area contributed by atoms with E-state index in [0.29, 0.717) is 21.3 Å². The van der Waals surface area contributed by atoms with Crippen molar-refractivity contribution in [3.63, 3.8) is 0 Å². The third-order valence-corrected chi connectivity index (χ3v) is 4.32. The minimum atomic E-state index is -0.440. The Hall–Kier alpha value is -2.57. The van der Waals surface area contributed by atoms with Gasteiger partial charge >= 0.3 is 0 Å². The SMILES string of the molecule is CC(C)(C)c1[nH]cnc1/C=c1\[nH]c(=O)/c(=C/c2cc(Cl)cc(Cl)c2)[nH]c1=O. The second kappa shape index (κ2) is 7.21. The third-order valence-electron chi connectivity index (χ3n) is 3.88. The van der Waals surface area contributed by atoms with E-state index < -0.39 is 11.1 Å². The summed E-state index contributed by atoms with van der Waals surface area (Å²) in [5, 5.41) is 1.10. The molecule has 0 bridgehead atoms. The average Bonchev–Trinajstić information content (AvgIpc) is 2.99. The minimum Gasteiger partial charge on any atom is -0.348 e. The first-order valence-corrected chi connectivity index (χ1v) is 8.95. The van der Waals surface area contributed by atoms with Crippen LogP contribution < -0.4 is 21.8 Å². The number of nitrogens with zero attached hydrogens (tertiary/aromatic N) is 1. The van der Waals surface area contributed by atoms with Gasteiger partial charge in [0.25, 0.3) is 11.1 Å². The summed E-state index contributed by atoms with van der Waals surface area (Å²) in [5.74, 6) is 0. The van der Waals surface area contributed by atoms with Gasteiger partial charge in [0.2, 0.25) is 0 Å². The fourth-order valence-corrected chi connectivity index (χ4v) is 3.22. The van der Waals surface area contributed by atoms with E-state index in [9.17, 15) is 9.59 Å². The molecule has 0 saturated heterocycles. The van der Waals surface area contributed by atoms with E-state index >= 15 is 0 Å². The Morgan fingerprint density at radius 3 is 2.04 bits per heavy atom. The Balaban J connectivity index is 2.14. The summed E-state index contributed by atoms with van der Waals surface area (Å²) < 4.78 is 0. The van der Waals surface area contributed by atoms with Gasteiger partial charge in [-0.25, -0.2) is 4.98 Å². The highest BCUT2D eigenvalue weighted by atomic mass is 35.5. The van der Waals surface area contributed by atoms with Crippen LogP contribution in [0.25, 0.3) is 12.2 Å². The Kier molecular flexibility index (Phi) is 5.13. The molecule has 0 aliphatic rings. The lowest BCUT2D eigenvalue weighted by Gasteiger charge is -2.16. The zero-order valence-corrected chi connectivity index (χ0v) is 16.5. The van der Waals surface area contributed by atoms with E-state index in [1.807, 2.05) is 20.8 Å². The summed E-state index contributed by atoms with van der Waals surface area (Å²) in [4.78, 5) is 37.4. The van der Waals surface area contributed by atoms with Crippen LogP contribution in [-0.2, 0) is 5.41 Å². The summed E-state index contributed by atoms with van der Waals surface area (Å²) in [7, 11) is 0. The van der Waals surface area contributed by atoms with Gasteiger partial charge in [-0.1, -0.05) is 44.0 Å². The molecule has 0 fully saturated rings. The normalized spacial score (nSPS) is 13.4. The molecular weight excluding hydrogens is 387 g/mol. The Bertz CT molecular complexity index is 1210. The van der Waals surface area contributed by atoms with Crippen LogP contribution in [-0.4, -0.2) is 19.9 Å². The number of aromatic amines is 3.